The van der Waals surface area contributed by atoms with Crippen LogP contribution in [0.1, 0.15) is 53.4 Å². The van der Waals surface area contributed by atoms with Gasteiger partial charge in [-0.3, -0.25) is 4.90 Å². The van der Waals surface area contributed by atoms with Gasteiger partial charge in [0.1, 0.15) is 6.79 Å². The summed E-state index contributed by atoms with van der Waals surface area (Å²) < 4.78 is 11.1. The molecule has 2 amide bonds. The molecule has 0 saturated carbocycles. The van der Waals surface area contributed by atoms with E-state index in [1.165, 1.54) is 0 Å². The number of hydrogen-bond acceptors (Lipinski definition) is 4. The Balaban J connectivity index is 2.80. The number of ether oxygens (including phenoxy) is 2. The largest absolute Gasteiger partial charge is 0.355 e. The number of urea groups is 1. The number of hydrogen-bond donors (Lipinski definition) is 1. The lowest BCUT2D eigenvalue weighted by atomic mass is 10.2. The first kappa shape index (κ1) is 25.3. The Bertz CT molecular complexity index is 613. The van der Waals surface area contributed by atoms with Gasteiger partial charge in [-0.05, 0) is 44.4 Å². The van der Waals surface area contributed by atoms with Crippen LogP contribution in [0.2, 0.25) is 0 Å². The molecule has 0 heterocycles. The minimum Gasteiger partial charge on any atom is -0.355 e. The summed E-state index contributed by atoms with van der Waals surface area (Å²) in [6.45, 7) is 11.6. The maximum absolute atomic E-state index is 12.5. The molecule has 0 atom stereocenters. The fraction of sp³-hybridized carbons (Fsp3) is 0.636. The van der Waals surface area contributed by atoms with Crippen LogP contribution in [0, 0.1) is 0 Å². The topological polar surface area (TPSA) is 54.0 Å². The van der Waals surface area contributed by atoms with E-state index in [9.17, 15) is 4.79 Å². The Morgan fingerprint density at radius 3 is 2.34 bits per heavy atom. The predicted octanol–water partition coefficient (Wildman–Crippen LogP) is 4.97. The number of carbonyl (C=O) groups is 1. The summed E-state index contributed by atoms with van der Waals surface area (Å²) in [6.07, 6.45) is 3.83. The van der Waals surface area contributed by atoms with E-state index in [0.717, 1.165) is 48.7 Å². The molecule has 0 aromatic heterocycles. The smallest absolute Gasteiger partial charge is 0.321 e. The molecule has 0 aliphatic carbocycles. The van der Waals surface area contributed by atoms with E-state index in [1.807, 2.05) is 45.0 Å². The highest BCUT2D eigenvalue weighted by atomic mass is 32.1. The van der Waals surface area contributed by atoms with Crippen LogP contribution in [0.5, 0.6) is 0 Å². The van der Waals surface area contributed by atoms with Gasteiger partial charge < -0.3 is 19.7 Å². The Morgan fingerprint density at radius 1 is 1.03 bits per heavy atom. The van der Waals surface area contributed by atoms with Crippen LogP contribution in [0.3, 0.4) is 0 Å². The summed E-state index contributed by atoms with van der Waals surface area (Å²) in [5.41, 5.74) is 1.82. The molecule has 0 aliphatic heterocycles. The molecule has 1 aromatic rings. The van der Waals surface area contributed by atoms with Crippen LogP contribution >= 0.6 is 12.2 Å². The summed E-state index contributed by atoms with van der Waals surface area (Å²) in [5, 5.41) is 2.94. The Kier molecular flexibility index (Phi) is 13.3. The summed E-state index contributed by atoms with van der Waals surface area (Å²) >= 11 is 5.59. The van der Waals surface area contributed by atoms with Crippen molar-refractivity contribution in [1.29, 1.82) is 0 Å². The van der Waals surface area contributed by atoms with Crippen molar-refractivity contribution < 1.29 is 14.3 Å². The molecule has 6 nitrogen and oxygen atoms in total. The number of rotatable bonds is 14. The normalized spacial score (nSPS) is 10.6. The SMILES string of the molecule is CCCCOCOCCN(C(=S)CC)c1cccc(N(CC)C(=O)NCCC)c1. The van der Waals surface area contributed by atoms with Crippen LogP contribution in [-0.2, 0) is 9.47 Å². The average Bonchev–Trinajstić information content (AvgIpc) is 2.74. The van der Waals surface area contributed by atoms with E-state index in [4.69, 9.17) is 21.7 Å². The van der Waals surface area contributed by atoms with Gasteiger partial charge >= 0.3 is 6.03 Å². The second kappa shape index (κ2) is 15.2. The van der Waals surface area contributed by atoms with Gasteiger partial charge in [-0.2, -0.15) is 0 Å². The number of nitrogens with zero attached hydrogens (tertiary/aromatic N) is 2. The van der Waals surface area contributed by atoms with Gasteiger partial charge in [0.05, 0.1) is 11.6 Å². The third-order valence-electron chi connectivity index (χ3n) is 4.41. The van der Waals surface area contributed by atoms with Crippen molar-refractivity contribution >= 4 is 34.6 Å². The van der Waals surface area contributed by atoms with Crippen molar-refractivity contribution in [1.82, 2.24) is 5.32 Å². The predicted molar refractivity (Wildman–Crippen MR) is 125 cm³/mol. The zero-order chi connectivity index (χ0) is 21.5. The van der Waals surface area contributed by atoms with Crippen molar-refractivity contribution in [2.75, 3.05) is 49.4 Å². The standard InChI is InChI=1S/C22H37N3O3S/c1-5-9-15-27-18-28-16-14-25(21(29)7-3)20-12-10-11-19(17-20)24(8-4)22(26)23-13-6-2/h10-12,17H,5-9,13-16,18H2,1-4H3,(H,23,26). The Labute approximate surface area is 181 Å². The van der Waals surface area contributed by atoms with Crippen LogP contribution < -0.4 is 15.1 Å². The van der Waals surface area contributed by atoms with Crippen LogP contribution in [0.25, 0.3) is 0 Å². The minimum absolute atomic E-state index is 0.0799. The lowest BCUT2D eigenvalue weighted by Gasteiger charge is -2.27. The first-order valence-electron chi connectivity index (χ1n) is 10.7. The Morgan fingerprint density at radius 2 is 1.72 bits per heavy atom. The molecule has 0 aliphatic rings. The van der Waals surface area contributed by atoms with Crippen LogP contribution in [0.4, 0.5) is 16.2 Å². The molecule has 0 spiro atoms. The molecule has 164 valence electrons. The monoisotopic (exact) mass is 423 g/mol. The summed E-state index contributed by atoms with van der Waals surface area (Å²) in [6, 6.07) is 7.85. The third-order valence-corrected chi connectivity index (χ3v) is 4.92. The fourth-order valence-electron chi connectivity index (χ4n) is 2.77. The number of thiocarbonyl (C=S) groups is 1. The second-order valence-corrected chi connectivity index (χ2v) is 7.15. The summed E-state index contributed by atoms with van der Waals surface area (Å²) in [4.78, 5) is 17.1. The number of benzene rings is 1. The molecular formula is C22H37N3O3S. The highest BCUT2D eigenvalue weighted by molar-refractivity contribution is 7.80. The lowest BCUT2D eigenvalue weighted by molar-refractivity contribution is -0.0515. The molecular weight excluding hydrogens is 386 g/mol. The number of carbonyl (C=O) groups excluding carboxylic acids is 1. The number of unbranched alkanes of at least 4 members (excludes halogenated alkanes) is 1. The number of amides is 2. The van der Waals surface area contributed by atoms with Gasteiger partial charge in [-0.15, -0.1) is 0 Å². The van der Waals surface area contributed by atoms with Gasteiger partial charge in [0.15, 0.2) is 0 Å². The zero-order valence-corrected chi connectivity index (χ0v) is 19.2. The molecule has 1 N–H and O–H groups in total. The average molecular weight is 424 g/mol. The quantitative estimate of drug-likeness (QED) is 0.260. The van der Waals surface area contributed by atoms with Crippen molar-refractivity contribution in [2.24, 2.45) is 0 Å². The summed E-state index contributed by atoms with van der Waals surface area (Å²) in [7, 11) is 0. The molecule has 29 heavy (non-hydrogen) atoms. The van der Waals surface area contributed by atoms with E-state index in [2.05, 4.69) is 17.1 Å². The van der Waals surface area contributed by atoms with Gasteiger partial charge in [0.25, 0.3) is 0 Å². The maximum Gasteiger partial charge on any atom is 0.321 e. The third kappa shape index (κ3) is 9.10. The first-order chi connectivity index (χ1) is 14.1. The highest BCUT2D eigenvalue weighted by Crippen LogP contribution is 2.24. The zero-order valence-electron chi connectivity index (χ0n) is 18.4. The number of anilines is 2. The van der Waals surface area contributed by atoms with Crippen LogP contribution in [0.15, 0.2) is 24.3 Å². The van der Waals surface area contributed by atoms with Gasteiger partial charge in [0.2, 0.25) is 0 Å². The van der Waals surface area contributed by atoms with Crippen molar-refractivity contribution in [3.05, 3.63) is 24.3 Å². The van der Waals surface area contributed by atoms with Crippen molar-refractivity contribution in [3.8, 4) is 0 Å². The molecule has 0 fully saturated rings. The number of nitrogens with one attached hydrogen (secondary N) is 1. The van der Waals surface area contributed by atoms with Gasteiger partial charge in [0, 0.05) is 37.6 Å². The van der Waals surface area contributed by atoms with E-state index in [-0.39, 0.29) is 6.03 Å². The Hall–Kier alpha value is -1.70. The molecule has 0 unspecified atom stereocenters. The minimum atomic E-state index is -0.0799. The van der Waals surface area contributed by atoms with Crippen LogP contribution in [-0.4, -0.2) is 50.7 Å². The second-order valence-electron chi connectivity index (χ2n) is 6.68. The molecule has 1 rings (SSSR count). The van der Waals surface area contributed by atoms with Gasteiger partial charge in [-0.1, -0.05) is 45.5 Å². The van der Waals surface area contributed by atoms with Gasteiger partial charge in [-0.25, -0.2) is 4.79 Å². The van der Waals surface area contributed by atoms with E-state index in [1.54, 1.807) is 4.90 Å². The highest BCUT2D eigenvalue weighted by Gasteiger charge is 2.16. The molecule has 0 saturated heterocycles. The van der Waals surface area contributed by atoms with E-state index < -0.39 is 0 Å². The van der Waals surface area contributed by atoms with E-state index >= 15 is 0 Å². The van der Waals surface area contributed by atoms with Crippen molar-refractivity contribution in [2.45, 2.75) is 53.4 Å². The molecule has 0 radical (unpaired) electrons. The lowest BCUT2D eigenvalue weighted by Crippen LogP contribution is -2.40. The summed E-state index contributed by atoms with van der Waals surface area (Å²) in [5.74, 6) is 0. The molecule has 0 bridgehead atoms. The fourth-order valence-corrected chi connectivity index (χ4v) is 2.96. The maximum atomic E-state index is 12.5. The van der Waals surface area contributed by atoms with E-state index in [0.29, 0.717) is 33.0 Å². The first-order valence-corrected chi connectivity index (χ1v) is 11.1. The molecule has 1 aromatic carbocycles. The molecule has 7 heteroatoms. The van der Waals surface area contributed by atoms with Crippen molar-refractivity contribution in [3.63, 3.8) is 0 Å².